The molecule has 2 aromatic rings. The number of fused-ring (bicyclic) bond motifs is 1. The highest BCUT2D eigenvalue weighted by Gasteiger charge is 2.35. The van der Waals surface area contributed by atoms with Gasteiger partial charge in [-0.2, -0.15) is 0 Å². The fraction of sp³-hybridized carbons (Fsp3) is 0.150. The molecule has 0 bridgehead atoms. The molecule has 3 rings (SSSR count). The number of hydrogen-bond acceptors (Lipinski definition) is 7. The number of esters is 1. The highest BCUT2D eigenvalue weighted by atomic mass is 16.7. The lowest BCUT2D eigenvalue weighted by atomic mass is 10.1. The van der Waals surface area contributed by atoms with Crippen LogP contribution in [0.3, 0.4) is 0 Å². The Bertz CT molecular complexity index is 979. The zero-order valence-corrected chi connectivity index (χ0v) is 14.9. The predicted octanol–water partition coefficient (Wildman–Crippen LogP) is 1.59. The van der Waals surface area contributed by atoms with E-state index in [-0.39, 0.29) is 18.0 Å². The van der Waals surface area contributed by atoms with Crippen molar-refractivity contribution >= 4 is 23.6 Å². The van der Waals surface area contributed by atoms with Gasteiger partial charge in [0.1, 0.15) is 6.61 Å². The molecule has 0 radical (unpaired) electrons. The lowest BCUT2D eigenvalue weighted by Crippen LogP contribution is -2.46. The number of anilines is 1. The number of benzene rings is 1. The van der Waals surface area contributed by atoms with Gasteiger partial charge in [-0.1, -0.05) is 12.0 Å². The van der Waals surface area contributed by atoms with Crippen molar-refractivity contribution in [2.24, 2.45) is 0 Å². The molecule has 8 nitrogen and oxygen atoms in total. The molecule has 0 fully saturated rings. The van der Waals surface area contributed by atoms with Crippen LogP contribution in [0.2, 0.25) is 0 Å². The topological polar surface area (TPSA) is 98.2 Å². The number of methoxy groups -OCH3 is 1. The molecular formula is C20H16N2O6. The van der Waals surface area contributed by atoms with Gasteiger partial charge in [-0.25, -0.2) is 14.7 Å². The van der Waals surface area contributed by atoms with Crippen LogP contribution in [-0.2, 0) is 9.53 Å². The van der Waals surface area contributed by atoms with Gasteiger partial charge in [0.15, 0.2) is 17.2 Å². The van der Waals surface area contributed by atoms with Gasteiger partial charge in [-0.3, -0.25) is 4.79 Å². The average Bonchev–Trinajstić information content (AvgIpc) is 2.71. The maximum Gasteiger partial charge on any atom is 0.362 e. The third kappa shape index (κ3) is 3.79. The molecule has 0 saturated carbocycles. The molecule has 1 unspecified atom stereocenters. The number of ether oxygens (including phenoxy) is 3. The summed E-state index contributed by atoms with van der Waals surface area (Å²) in [6, 6.07) is 8.08. The Hall–Kier alpha value is -3.83. The molecule has 2 heterocycles. The first kappa shape index (κ1) is 18.9. The largest absolute Gasteiger partial charge is 0.493 e. The standard InChI is InChI=1S/C20H16N2O6/c1-3-11-27-15-8-6-13(12-16(15)26-2)7-9-17(23)22-14-5-4-10-21-18(14)19(24)28-20(22)25/h1,4-10,12,20,25H,11H2,2H3/b9-7+. The molecule has 1 amide bonds. The summed E-state index contributed by atoms with van der Waals surface area (Å²) in [7, 11) is 1.49. The van der Waals surface area contributed by atoms with Gasteiger partial charge in [0.25, 0.3) is 12.3 Å². The van der Waals surface area contributed by atoms with E-state index < -0.39 is 18.3 Å². The molecule has 1 aromatic carbocycles. The lowest BCUT2D eigenvalue weighted by molar-refractivity contribution is -0.124. The van der Waals surface area contributed by atoms with Gasteiger partial charge < -0.3 is 19.3 Å². The van der Waals surface area contributed by atoms with Crippen molar-refractivity contribution < 1.29 is 28.9 Å². The number of carbonyl (C=O) groups excluding carboxylic acids is 2. The van der Waals surface area contributed by atoms with Crippen LogP contribution in [0, 0.1) is 12.3 Å². The lowest BCUT2D eigenvalue weighted by Gasteiger charge is -2.31. The Morgan fingerprint density at radius 3 is 3.00 bits per heavy atom. The van der Waals surface area contributed by atoms with E-state index in [1.807, 2.05) is 0 Å². The first-order chi connectivity index (χ1) is 13.5. The number of amides is 1. The molecular weight excluding hydrogens is 364 g/mol. The minimum absolute atomic E-state index is 0.0498. The number of terminal acetylenes is 1. The molecule has 1 N–H and O–H groups in total. The van der Waals surface area contributed by atoms with Crippen molar-refractivity contribution in [1.29, 1.82) is 0 Å². The van der Waals surface area contributed by atoms with Crippen LogP contribution in [0.4, 0.5) is 5.69 Å². The molecule has 0 saturated heterocycles. The van der Waals surface area contributed by atoms with Crippen LogP contribution in [0.1, 0.15) is 16.1 Å². The number of aromatic nitrogens is 1. The highest BCUT2D eigenvalue weighted by Crippen LogP contribution is 2.29. The van der Waals surface area contributed by atoms with E-state index in [9.17, 15) is 14.7 Å². The quantitative estimate of drug-likeness (QED) is 0.478. The smallest absolute Gasteiger partial charge is 0.362 e. The summed E-state index contributed by atoms with van der Waals surface area (Å²) in [6.45, 7) is 0.100. The summed E-state index contributed by atoms with van der Waals surface area (Å²) in [5, 5.41) is 10.0. The summed E-state index contributed by atoms with van der Waals surface area (Å²) in [5.41, 5.74) is 0.760. The van der Waals surface area contributed by atoms with E-state index in [0.29, 0.717) is 17.1 Å². The SMILES string of the molecule is C#CCOc1ccc(/C=C/C(=O)N2c3cccnc3C(=O)OC2O)cc1OC. The van der Waals surface area contributed by atoms with Gasteiger partial charge in [-0.05, 0) is 35.9 Å². The number of rotatable bonds is 5. The van der Waals surface area contributed by atoms with Crippen molar-refractivity contribution in [1.82, 2.24) is 4.98 Å². The summed E-state index contributed by atoms with van der Waals surface area (Å²) in [6.07, 6.45) is 7.59. The third-order valence-corrected chi connectivity index (χ3v) is 3.83. The van der Waals surface area contributed by atoms with Gasteiger partial charge >= 0.3 is 5.97 Å². The molecule has 0 aliphatic carbocycles. The fourth-order valence-corrected chi connectivity index (χ4v) is 2.57. The third-order valence-electron chi connectivity index (χ3n) is 3.83. The first-order valence-electron chi connectivity index (χ1n) is 8.14. The number of aliphatic hydroxyl groups excluding tert-OH is 1. The Labute approximate surface area is 161 Å². The molecule has 1 aliphatic heterocycles. The van der Waals surface area contributed by atoms with E-state index in [2.05, 4.69) is 10.9 Å². The molecule has 8 heteroatoms. The predicted molar refractivity (Wildman–Crippen MR) is 99.5 cm³/mol. The second kappa shape index (κ2) is 8.24. The zero-order chi connectivity index (χ0) is 20.1. The van der Waals surface area contributed by atoms with Crippen LogP contribution in [0.25, 0.3) is 6.08 Å². The zero-order valence-electron chi connectivity index (χ0n) is 14.9. The molecule has 28 heavy (non-hydrogen) atoms. The summed E-state index contributed by atoms with van der Waals surface area (Å²) in [5.74, 6) is 1.89. The second-order valence-electron chi connectivity index (χ2n) is 5.55. The van der Waals surface area contributed by atoms with E-state index in [1.54, 1.807) is 24.3 Å². The Morgan fingerprint density at radius 2 is 2.25 bits per heavy atom. The highest BCUT2D eigenvalue weighted by molar-refractivity contribution is 6.09. The summed E-state index contributed by atoms with van der Waals surface area (Å²) < 4.78 is 15.4. The fourth-order valence-electron chi connectivity index (χ4n) is 2.57. The average molecular weight is 380 g/mol. The molecule has 1 aliphatic rings. The van der Waals surface area contributed by atoms with Crippen LogP contribution in [-0.4, -0.2) is 42.1 Å². The normalized spacial score (nSPS) is 15.5. The van der Waals surface area contributed by atoms with Crippen molar-refractivity contribution in [3.05, 3.63) is 53.9 Å². The molecule has 1 aromatic heterocycles. The number of cyclic esters (lactones) is 1. The van der Waals surface area contributed by atoms with Crippen molar-refractivity contribution in [2.75, 3.05) is 18.6 Å². The van der Waals surface area contributed by atoms with Crippen molar-refractivity contribution in [3.63, 3.8) is 0 Å². The minimum Gasteiger partial charge on any atom is -0.493 e. The number of aliphatic hydroxyl groups is 1. The van der Waals surface area contributed by atoms with Gasteiger partial charge in [-0.15, -0.1) is 6.42 Å². The number of pyridine rings is 1. The van der Waals surface area contributed by atoms with Crippen LogP contribution < -0.4 is 14.4 Å². The van der Waals surface area contributed by atoms with E-state index in [0.717, 1.165) is 4.90 Å². The first-order valence-corrected chi connectivity index (χ1v) is 8.14. The van der Waals surface area contributed by atoms with E-state index >= 15 is 0 Å². The van der Waals surface area contributed by atoms with Gasteiger partial charge in [0, 0.05) is 12.3 Å². The maximum absolute atomic E-state index is 12.6. The van der Waals surface area contributed by atoms with Crippen molar-refractivity contribution in [2.45, 2.75) is 6.41 Å². The Balaban J connectivity index is 1.83. The van der Waals surface area contributed by atoms with Crippen LogP contribution in [0.15, 0.2) is 42.6 Å². The van der Waals surface area contributed by atoms with Gasteiger partial charge in [0.2, 0.25) is 0 Å². The monoisotopic (exact) mass is 380 g/mol. The van der Waals surface area contributed by atoms with Crippen molar-refractivity contribution in [3.8, 4) is 23.8 Å². The maximum atomic E-state index is 12.6. The minimum atomic E-state index is -1.74. The van der Waals surface area contributed by atoms with E-state index in [1.165, 1.54) is 31.5 Å². The Kier molecular flexibility index (Phi) is 5.58. The molecule has 142 valence electrons. The summed E-state index contributed by atoms with van der Waals surface area (Å²) >= 11 is 0. The van der Waals surface area contributed by atoms with Gasteiger partial charge in [0.05, 0.1) is 12.8 Å². The van der Waals surface area contributed by atoms with E-state index in [4.69, 9.17) is 20.6 Å². The number of nitrogens with zero attached hydrogens (tertiary/aromatic N) is 2. The number of hydrogen-bond donors (Lipinski definition) is 1. The second-order valence-corrected chi connectivity index (χ2v) is 5.55. The van der Waals surface area contributed by atoms with Crippen LogP contribution >= 0.6 is 0 Å². The Morgan fingerprint density at radius 1 is 1.43 bits per heavy atom. The number of carbonyl (C=O) groups is 2. The molecule has 0 spiro atoms. The summed E-state index contributed by atoms with van der Waals surface area (Å²) in [4.78, 5) is 29.2. The molecule has 1 atom stereocenters. The van der Waals surface area contributed by atoms with Crippen LogP contribution in [0.5, 0.6) is 11.5 Å².